The lowest BCUT2D eigenvalue weighted by molar-refractivity contribution is 0.0774. The topological polar surface area (TPSA) is 98.1 Å². The summed E-state index contributed by atoms with van der Waals surface area (Å²) >= 11 is 6.35. The Bertz CT molecular complexity index is 1150. The van der Waals surface area contributed by atoms with Crippen LogP contribution in [-0.2, 0) is 17.9 Å². The normalized spacial score (nSPS) is 14.8. The molecule has 2 atom stereocenters. The highest BCUT2D eigenvalue weighted by atomic mass is 35.5. The maximum absolute atomic E-state index is 13.3. The van der Waals surface area contributed by atoms with Crippen molar-refractivity contribution < 1.29 is 14.3 Å². The number of aromatic nitrogens is 3. The molecule has 0 bridgehead atoms. The van der Waals surface area contributed by atoms with Crippen molar-refractivity contribution in [1.82, 2.24) is 25.2 Å². The van der Waals surface area contributed by atoms with Gasteiger partial charge in [-0.25, -0.2) is 9.97 Å². The Kier molecular flexibility index (Phi) is 7.05. The number of carbonyl (C=O) groups excluding carboxylic acids is 2. The van der Waals surface area contributed by atoms with Gasteiger partial charge in [0.05, 0.1) is 36.6 Å². The van der Waals surface area contributed by atoms with E-state index in [1.165, 1.54) is 0 Å². The molecular weight excluding hydrogens is 442 g/mol. The Labute approximate surface area is 197 Å². The molecule has 33 heavy (non-hydrogen) atoms. The van der Waals surface area contributed by atoms with Crippen LogP contribution in [0.25, 0.3) is 0 Å². The number of benzene rings is 1. The molecule has 2 unspecified atom stereocenters. The van der Waals surface area contributed by atoms with Crippen molar-refractivity contribution in [2.45, 2.75) is 45.5 Å². The van der Waals surface area contributed by atoms with Crippen LogP contribution in [0.3, 0.4) is 0 Å². The maximum Gasteiger partial charge on any atom is 0.268 e. The molecule has 3 aromatic rings. The Balaban J connectivity index is 1.58. The summed E-state index contributed by atoms with van der Waals surface area (Å²) in [5.74, 6) is -0.0482. The van der Waals surface area contributed by atoms with Crippen molar-refractivity contribution in [1.29, 1.82) is 0 Å². The fourth-order valence-electron chi connectivity index (χ4n) is 3.97. The minimum Gasteiger partial charge on any atom is -0.373 e. The number of amides is 2. The first-order valence-corrected chi connectivity index (χ1v) is 11.3. The van der Waals surface area contributed by atoms with Crippen LogP contribution in [0.1, 0.15) is 70.3 Å². The molecule has 1 aromatic carbocycles. The molecule has 1 aliphatic heterocycles. The second-order valence-electron chi connectivity index (χ2n) is 7.85. The fraction of sp³-hybridized carbons (Fsp3) is 0.333. The van der Waals surface area contributed by atoms with E-state index in [1.54, 1.807) is 30.6 Å². The van der Waals surface area contributed by atoms with E-state index >= 15 is 0 Å². The largest absolute Gasteiger partial charge is 0.373 e. The number of hydrogen-bond acceptors (Lipinski definition) is 5. The van der Waals surface area contributed by atoms with Gasteiger partial charge in [0.1, 0.15) is 11.5 Å². The minimum atomic E-state index is -0.383. The van der Waals surface area contributed by atoms with E-state index in [1.807, 2.05) is 36.6 Å². The third kappa shape index (κ3) is 4.91. The van der Waals surface area contributed by atoms with Crippen LogP contribution in [0.5, 0.6) is 0 Å². The molecule has 0 fully saturated rings. The molecule has 0 saturated heterocycles. The summed E-state index contributed by atoms with van der Waals surface area (Å²) in [6.45, 7) is 5.02. The number of fused-ring (bicyclic) bond motifs is 1. The molecular formula is C24H26ClN5O3. The van der Waals surface area contributed by atoms with Crippen molar-refractivity contribution in [2.24, 2.45) is 0 Å². The zero-order chi connectivity index (χ0) is 23.4. The van der Waals surface area contributed by atoms with Gasteiger partial charge in [0.25, 0.3) is 11.8 Å². The summed E-state index contributed by atoms with van der Waals surface area (Å²) in [6.07, 6.45) is 3.93. The van der Waals surface area contributed by atoms with Gasteiger partial charge in [0, 0.05) is 24.0 Å². The van der Waals surface area contributed by atoms with E-state index in [0.29, 0.717) is 47.4 Å². The average Bonchev–Trinajstić information content (AvgIpc) is 3.23. The van der Waals surface area contributed by atoms with Gasteiger partial charge < -0.3 is 19.9 Å². The lowest BCUT2D eigenvalue weighted by Crippen LogP contribution is -2.31. The van der Waals surface area contributed by atoms with Crippen LogP contribution in [0, 0.1) is 0 Å². The smallest absolute Gasteiger partial charge is 0.268 e. The second kappa shape index (κ2) is 10.1. The Morgan fingerprint density at radius 3 is 2.64 bits per heavy atom. The fourth-order valence-corrected chi connectivity index (χ4v) is 4.24. The molecule has 2 aromatic heterocycles. The van der Waals surface area contributed by atoms with Gasteiger partial charge in [-0.1, -0.05) is 36.7 Å². The summed E-state index contributed by atoms with van der Waals surface area (Å²) in [7, 11) is 0. The van der Waals surface area contributed by atoms with Crippen LogP contribution in [-0.4, -0.2) is 33.0 Å². The molecule has 4 rings (SSSR count). The highest BCUT2D eigenvalue weighted by Crippen LogP contribution is 2.27. The summed E-state index contributed by atoms with van der Waals surface area (Å²) in [6, 6.07) is 10.2. The first kappa shape index (κ1) is 22.9. The van der Waals surface area contributed by atoms with Crippen LogP contribution < -0.4 is 10.6 Å². The van der Waals surface area contributed by atoms with E-state index in [0.717, 1.165) is 5.56 Å². The average molecular weight is 468 g/mol. The van der Waals surface area contributed by atoms with Crippen molar-refractivity contribution in [2.75, 3.05) is 6.61 Å². The van der Waals surface area contributed by atoms with E-state index in [9.17, 15) is 9.59 Å². The van der Waals surface area contributed by atoms with Gasteiger partial charge in [-0.15, -0.1) is 0 Å². The van der Waals surface area contributed by atoms with Gasteiger partial charge >= 0.3 is 0 Å². The molecule has 2 N–H and O–H groups in total. The van der Waals surface area contributed by atoms with E-state index < -0.39 is 0 Å². The Morgan fingerprint density at radius 2 is 1.91 bits per heavy atom. The summed E-state index contributed by atoms with van der Waals surface area (Å²) in [5.41, 5.74) is 2.37. The first-order valence-electron chi connectivity index (χ1n) is 10.9. The highest BCUT2D eigenvalue weighted by Gasteiger charge is 2.28. The van der Waals surface area contributed by atoms with Crippen LogP contribution in [0.4, 0.5) is 0 Å². The predicted octanol–water partition coefficient (Wildman–Crippen LogP) is 3.83. The molecule has 9 heteroatoms. The summed E-state index contributed by atoms with van der Waals surface area (Å²) in [5, 5.41) is 6.59. The zero-order valence-corrected chi connectivity index (χ0v) is 19.3. The van der Waals surface area contributed by atoms with Crippen LogP contribution >= 0.6 is 11.6 Å². The molecule has 8 nitrogen and oxygen atoms in total. The number of nitrogens with zero attached hydrogens (tertiary/aromatic N) is 3. The number of carbonyl (C=O) groups is 2. The van der Waals surface area contributed by atoms with Crippen molar-refractivity contribution in [3.8, 4) is 0 Å². The number of halogens is 1. The lowest BCUT2D eigenvalue weighted by Gasteiger charge is -2.21. The number of nitrogens with one attached hydrogen (secondary N) is 2. The highest BCUT2D eigenvalue weighted by molar-refractivity contribution is 6.31. The second-order valence-corrected chi connectivity index (χ2v) is 8.26. The van der Waals surface area contributed by atoms with Gasteiger partial charge in [-0.3, -0.25) is 9.59 Å². The van der Waals surface area contributed by atoms with E-state index in [2.05, 4.69) is 20.6 Å². The standard InChI is InChI=1S/C24H26ClN5O3/c1-3-19(16-7-4-5-8-18(16)25)29-23(31)17-13-20(30-11-12-33-14-21(17)30)24(32)28-15(2)22-26-9-6-10-27-22/h4-10,13,15,19H,3,11-12,14H2,1-2H3,(H,28,32)(H,29,31). The van der Waals surface area contributed by atoms with Crippen molar-refractivity contribution >= 4 is 23.4 Å². The van der Waals surface area contributed by atoms with Gasteiger partial charge in [0.2, 0.25) is 0 Å². The number of hydrogen-bond donors (Lipinski definition) is 2. The SMILES string of the molecule is CCC(NC(=O)c1cc(C(=O)NC(C)c2ncccn2)n2c1COCC2)c1ccccc1Cl. The molecule has 0 spiro atoms. The minimum absolute atomic E-state index is 0.251. The van der Waals surface area contributed by atoms with Gasteiger partial charge in [-0.05, 0) is 37.1 Å². The van der Waals surface area contributed by atoms with Crippen molar-refractivity contribution in [3.05, 3.63) is 82.2 Å². The monoisotopic (exact) mass is 467 g/mol. The molecule has 0 saturated carbocycles. The van der Waals surface area contributed by atoms with E-state index in [4.69, 9.17) is 16.3 Å². The van der Waals surface area contributed by atoms with Crippen molar-refractivity contribution in [3.63, 3.8) is 0 Å². The first-order chi connectivity index (χ1) is 16.0. The zero-order valence-electron chi connectivity index (χ0n) is 18.5. The molecule has 2 amide bonds. The van der Waals surface area contributed by atoms with Gasteiger partial charge in [0.15, 0.2) is 0 Å². The molecule has 0 aliphatic carbocycles. The third-order valence-corrected chi connectivity index (χ3v) is 6.04. The van der Waals surface area contributed by atoms with Gasteiger partial charge in [-0.2, -0.15) is 0 Å². The Morgan fingerprint density at radius 1 is 1.15 bits per heavy atom. The maximum atomic E-state index is 13.3. The number of rotatable bonds is 7. The predicted molar refractivity (Wildman–Crippen MR) is 124 cm³/mol. The Hall–Kier alpha value is -3.23. The third-order valence-electron chi connectivity index (χ3n) is 5.70. The van der Waals surface area contributed by atoms with E-state index in [-0.39, 0.29) is 30.5 Å². The quantitative estimate of drug-likeness (QED) is 0.550. The molecule has 0 radical (unpaired) electrons. The molecule has 172 valence electrons. The molecule has 1 aliphatic rings. The number of ether oxygens (including phenoxy) is 1. The summed E-state index contributed by atoms with van der Waals surface area (Å²) in [4.78, 5) is 34.8. The van der Waals surface area contributed by atoms with Crippen LogP contribution in [0.2, 0.25) is 5.02 Å². The lowest BCUT2D eigenvalue weighted by atomic mass is 10.0. The summed E-state index contributed by atoms with van der Waals surface area (Å²) < 4.78 is 7.44. The molecule has 3 heterocycles. The van der Waals surface area contributed by atoms with Crippen LogP contribution in [0.15, 0.2) is 48.8 Å².